The van der Waals surface area contributed by atoms with E-state index in [0.29, 0.717) is 15.9 Å². The first kappa shape index (κ1) is 10.7. The second kappa shape index (κ2) is 3.64. The highest BCUT2D eigenvalue weighted by atomic mass is 35.5. The second-order valence-electron chi connectivity index (χ2n) is 3.43. The van der Waals surface area contributed by atoms with Crippen LogP contribution in [-0.4, -0.2) is 16.1 Å². The summed E-state index contributed by atoms with van der Waals surface area (Å²) in [5.74, 6) is -1.24. The zero-order valence-corrected chi connectivity index (χ0v) is 9.13. The Hall–Kier alpha value is -1.81. The highest BCUT2D eigenvalue weighted by Crippen LogP contribution is 2.21. The monoisotopic (exact) mass is 237 g/mol. The van der Waals surface area contributed by atoms with Gasteiger partial charge in [0.05, 0.1) is 5.52 Å². The number of rotatable bonds is 1. The molecule has 1 aromatic heterocycles. The molecule has 2 aromatic rings. The van der Waals surface area contributed by atoms with Gasteiger partial charge in [0.15, 0.2) is 0 Å². The van der Waals surface area contributed by atoms with Crippen molar-refractivity contribution in [1.29, 1.82) is 0 Å². The molecule has 0 unspecified atom stereocenters. The first-order valence-electron chi connectivity index (χ1n) is 4.56. The lowest BCUT2D eigenvalue weighted by atomic mass is 10.1. The lowest BCUT2D eigenvalue weighted by molar-refractivity contribution is 0.0695. The van der Waals surface area contributed by atoms with Crippen molar-refractivity contribution in [3.8, 4) is 0 Å². The molecule has 82 valence electrons. The average molecular weight is 238 g/mol. The molecule has 0 spiro atoms. The predicted molar refractivity (Wildman–Crippen MR) is 61.3 cm³/mol. The van der Waals surface area contributed by atoms with E-state index in [0.717, 1.165) is 5.56 Å². The van der Waals surface area contributed by atoms with E-state index in [9.17, 15) is 9.59 Å². The van der Waals surface area contributed by atoms with Gasteiger partial charge in [0.1, 0.15) is 5.56 Å². The van der Waals surface area contributed by atoms with Crippen LogP contribution in [0, 0.1) is 6.92 Å². The lowest BCUT2D eigenvalue weighted by Gasteiger charge is -2.04. The first-order valence-corrected chi connectivity index (χ1v) is 4.94. The van der Waals surface area contributed by atoms with E-state index >= 15 is 0 Å². The number of carboxylic acids is 1. The van der Waals surface area contributed by atoms with Gasteiger partial charge < -0.3 is 10.1 Å². The van der Waals surface area contributed by atoms with Crippen molar-refractivity contribution in [3.63, 3.8) is 0 Å². The number of fused-ring (bicyclic) bond motifs is 1. The van der Waals surface area contributed by atoms with Crippen molar-refractivity contribution >= 4 is 28.5 Å². The normalized spacial score (nSPS) is 10.6. The average Bonchev–Trinajstić information content (AvgIpc) is 2.23. The summed E-state index contributed by atoms with van der Waals surface area (Å²) in [5.41, 5.74) is 0.533. The maximum Gasteiger partial charge on any atom is 0.341 e. The van der Waals surface area contributed by atoms with Crippen LogP contribution in [0.4, 0.5) is 0 Å². The molecule has 0 aliphatic rings. The van der Waals surface area contributed by atoms with Crippen LogP contribution in [-0.2, 0) is 0 Å². The third-order valence-corrected chi connectivity index (χ3v) is 2.89. The molecule has 1 aromatic carbocycles. The Bertz CT molecular complexity index is 645. The van der Waals surface area contributed by atoms with E-state index in [1.54, 1.807) is 13.0 Å². The molecule has 0 amide bonds. The fourth-order valence-corrected chi connectivity index (χ4v) is 1.73. The van der Waals surface area contributed by atoms with Crippen molar-refractivity contribution in [1.82, 2.24) is 4.98 Å². The van der Waals surface area contributed by atoms with Gasteiger partial charge in [-0.1, -0.05) is 11.6 Å². The molecule has 2 N–H and O–H groups in total. The summed E-state index contributed by atoms with van der Waals surface area (Å²) in [4.78, 5) is 25.3. The molecule has 0 bridgehead atoms. The number of carboxylic acid groups (broad SMARTS) is 1. The van der Waals surface area contributed by atoms with Gasteiger partial charge in [0, 0.05) is 16.6 Å². The minimum absolute atomic E-state index is 0.269. The van der Waals surface area contributed by atoms with E-state index in [1.807, 2.05) is 0 Å². The number of aromatic carboxylic acids is 1. The molecular weight excluding hydrogens is 230 g/mol. The quantitative estimate of drug-likeness (QED) is 0.799. The molecular formula is C11H8ClNO3. The number of halogens is 1. The number of H-pyrrole nitrogens is 1. The van der Waals surface area contributed by atoms with E-state index < -0.39 is 11.4 Å². The smallest absolute Gasteiger partial charge is 0.341 e. The van der Waals surface area contributed by atoms with Gasteiger partial charge in [0.2, 0.25) is 5.43 Å². The molecule has 0 aliphatic carbocycles. The fourth-order valence-electron chi connectivity index (χ4n) is 1.58. The van der Waals surface area contributed by atoms with Crippen LogP contribution >= 0.6 is 11.6 Å². The largest absolute Gasteiger partial charge is 0.477 e. The van der Waals surface area contributed by atoms with Crippen molar-refractivity contribution in [2.75, 3.05) is 0 Å². The molecule has 16 heavy (non-hydrogen) atoms. The molecule has 0 saturated carbocycles. The topological polar surface area (TPSA) is 70.2 Å². The fraction of sp³-hybridized carbons (Fsp3) is 0.0909. The van der Waals surface area contributed by atoms with Gasteiger partial charge >= 0.3 is 5.97 Å². The van der Waals surface area contributed by atoms with E-state index in [4.69, 9.17) is 16.7 Å². The standard InChI is InChI=1S/C11H8ClNO3/c1-5-8(12)3-2-6-9(5)13-4-7(10(6)14)11(15)16/h2-4H,1H3,(H,13,14)(H,15,16). The zero-order valence-electron chi connectivity index (χ0n) is 8.37. The Morgan fingerprint density at radius 2 is 2.12 bits per heavy atom. The molecule has 0 radical (unpaired) electrons. The van der Waals surface area contributed by atoms with Gasteiger partial charge in [-0.2, -0.15) is 0 Å². The van der Waals surface area contributed by atoms with Gasteiger partial charge in [0.25, 0.3) is 0 Å². The third kappa shape index (κ3) is 1.47. The molecule has 0 fully saturated rings. The maximum absolute atomic E-state index is 11.8. The van der Waals surface area contributed by atoms with Crippen molar-refractivity contribution in [3.05, 3.63) is 44.7 Å². The molecule has 0 aliphatic heterocycles. The summed E-state index contributed by atoms with van der Waals surface area (Å²) in [5, 5.41) is 9.67. The molecule has 0 saturated heterocycles. The van der Waals surface area contributed by atoms with E-state index in [-0.39, 0.29) is 5.56 Å². The number of aryl methyl sites for hydroxylation is 1. The number of aromatic amines is 1. The molecule has 2 rings (SSSR count). The molecule has 5 heteroatoms. The van der Waals surface area contributed by atoms with Crippen LogP contribution in [0.15, 0.2) is 23.1 Å². The van der Waals surface area contributed by atoms with Crippen molar-refractivity contribution < 1.29 is 9.90 Å². The summed E-state index contributed by atoms with van der Waals surface area (Å²) in [6.07, 6.45) is 1.19. The Morgan fingerprint density at radius 3 is 2.75 bits per heavy atom. The number of hydrogen-bond donors (Lipinski definition) is 2. The molecule has 0 atom stereocenters. The Balaban J connectivity index is 2.93. The van der Waals surface area contributed by atoms with Crippen molar-refractivity contribution in [2.24, 2.45) is 0 Å². The number of pyridine rings is 1. The minimum atomic E-state index is -1.24. The maximum atomic E-state index is 11.8. The number of aromatic nitrogens is 1. The first-order chi connectivity index (χ1) is 7.52. The Kier molecular flexibility index (Phi) is 2.44. The summed E-state index contributed by atoms with van der Waals surface area (Å²) in [7, 11) is 0. The van der Waals surface area contributed by atoms with E-state index in [2.05, 4.69) is 4.98 Å². The zero-order chi connectivity index (χ0) is 11.9. The predicted octanol–water partition coefficient (Wildman–Crippen LogP) is 2.19. The minimum Gasteiger partial charge on any atom is -0.477 e. The van der Waals surface area contributed by atoms with Crippen LogP contribution in [0.1, 0.15) is 15.9 Å². The van der Waals surface area contributed by atoms with E-state index in [1.165, 1.54) is 12.3 Å². The Labute approximate surface area is 95.5 Å². The van der Waals surface area contributed by atoms with Gasteiger partial charge in [-0.25, -0.2) is 4.79 Å². The van der Waals surface area contributed by atoms with Crippen molar-refractivity contribution in [2.45, 2.75) is 6.92 Å². The lowest BCUT2D eigenvalue weighted by Crippen LogP contribution is -2.15. The highest BCUT2D eigenvalue weighted by molar-refractivity contribution is 6.32. The van der Waals surface area contributed by atoms with Gasteiger partial charge in [-0.3, -0.25) is 4.79 Å². The number of carbonyl (C=O) groups is 1. The SMILES string of the molecule is Cc1c(Cl)ccc2c(=O)c(C(=O)O)c[nH]c12. The van der Waals surface area contributed by atoms with Crippen LogP contribution in [0.2, 0.25) is 5.02 Å². The number of nitrogens with one attached hydrogen (secondary N) is 1. The van der Waals surface area contributed by atoms with Crippen LogP contribution in [0.25, 0.3) is 10.9 Å². The Morgan fingerprint density at radius 1 is 1.44 bits per heavy atom. The molecule has 4 nitrogen and oxygen atoms in total. The summed E-state index contributed by atoms with van der Waals surface area (Å²) < 4.78 is 0. The molecule has 1 heterocycles. The van der Waals surface area contributed by atoms with Crippen LogP contribution in [0.5, 0.6) is 0 Å². The summed E-state index contributed by atoms with van der Waals surface area (Å²) >= 11 is 5.90. The van der Waals surface area contributed by atoms with Crippen LogP contribution in [0.3, 0.4) is 0 Å². The highest BCUT2D eigenvalue weighted by Gasteiger charge is 2.12. The number of hydrogen-bond acceptors (Lipinski definition) is 2. The number of benzene rings is 1. The second-order valence-corrected chi connectivity index (χ2v) is 3.84. The third-order valence-electron chi connectivity index (χ3n) is 2.48. The summed E-state index contributed by atoms with van der Waals surface area (Å²) in [6, 6.07) is 3.11. The van der Waals surface area contributed by atoms with Gasteiger partial charge in [-0.15, -0.1) is 0 Å². The summed E-state index contributed by atoms with van der Waals surface area (Å²) in [6.45, 7) is 1.76. The van der Waals surface area contributed by atoms with Crippen LogP contribution < -0.4 is 5.43 Å². The van der Waals surface area contributed by atoms with Gasteiger partial charge in [-0.05, 0) is 24.6 Å².